The van der Waals surface area contributed by atoms with Crippen LogP contribution >= 0.6 is 0 Å². The maximum Gasteiger partial charge on any atom is 0.233 e. The van der Waals surface area contributed by atoms with Gasteiger partial charge < -0.3 is 20.3 Å². The first-order valence-electron chi connectivity index (χ1n) is 9.87. The number of nitrogens with zero attached hydrogens (tertiary/aromatic N) is 4. The molecule has 1 aliphatic heterocycles. The van der Waals surface area contributed by atoms with E-state index in [0.717, 1.165) is 11.4 Å². The van der Waals surface area contributed by atoms with Gasteiger partial charge in [-0.25, -0.2) is 0 Å². The van der Waals surface area contributed by atoms with Crippen LogP contribution in [-0.2, 0) is 4.74 Å². The molecule has 3 aromatic rings. The van der Waals surface area contributed by atoms with Gasteiger partial charge in [0, 0.05) is 30.0 Å². The number of anilines is 5. The van der Waals surface area contributed by atoms with Crippen LogP contribution in [0.1, 0.15) is 22.8 Å². The Hall–Kier alpha value is -3.52. The Kier molecular flexibility index (Phi) is 5.85. The van der Waals surface area contributed by atoms with Crippen LogP contribution < -0.4 is 15.5 Å². The lowest BCUT2D eigenvalue weighted by Crippen LogP contribution is -2.37. The molecule has 0 amide bonds. The second kappa shape index (κ2) is 8.87. The number of hydrogen-bond donors (Lipinski definition) is 2. The molecule has 154 valence electrons. The maximum atomic E-state index is 11.7. The van der Waals surface area contributed by atoms with Crippen molar-refractivity contribution in [3.63, 3.8) is 0 Å². The molecule has 2 aromatic carbocycles. The van der Waals surface area contributed by atoms with Crippen LogP contribution in [0.4, 0.5) is 29.2 Å². The van der Waals surface area contributed by atoms with Crippen molar-refractivity contribution in [3.05, 3.63) is 59.7 Å². The van der Waals surface area contributed by atoms with Crippen molar-refractivity contribution in [1.82, 2.24) is 15.0 Å². The van der Waals surface area contributed by atoms with Gasteiger partial charge in [-0.2, -0.15) is 15.0 Å². The average Bonchev–Trinajstić information content (AvgIpc) is 2.76. The number of ketones is 1. The molecule has 30 heavy (non-hydrogen) atoms. The number of nitrogens with one attached hydrogen (secondary N) is 2. The predicted octanol–water partition coefficient (Wildman–Crippen LogP) is 3.71. The summed E-state index contributed by atoms with van der Waals surface area (Å²) in [5.74, 6) is 1.43. The summed E-state index contributed by atoms with van der Waals surface area (Å²) < 4.78 is 5.44. The minimum Gasteiger partial charge on any atom is -0.378 e. The molecular weight excluding hydrogens is 380 g/mol. The van der Waals surface area contributed by atoms with Crippen molar-refractivity contribution in [1.29, 1.82) is 0 Å². The first-order chi connectivity index (χ1) is 14.6. The van der Waals surface area contributed by atoms with Crippen LogP contribution in [0.25, 0.3) is 0 Å². The highest BCUT2D eigenvalue weighted by atomic mass is 16.5. The van der Waals surface area contributed by atoms with Gasteiger partial charge in [0.1, 0.15) is 0 Å². The number of aromatic nitrogens is 3. The number of carbonyl (C=O) groups excluding carboxylic acids is 1. The molecule has 1 aliphatic rings. The lowest BCUT2D eigenvalue weighted by Gasteiger charge is -2.27. The van der Waals surface area contributed by atoms with Gasteiger partial charge in [0.2, 0.25) is 17.8 Å². The topological polar surface area (TPSA) is 92.3 Å². The van der Waals surface area contributed by atoms with Crippen molar-refractivity contribution in [2.45, 2.75) is 13.8 Å². The van der Waals surface area contributed by atoms with Crippen LogP contribution in [0.2, 0.25) is 0 Å². The second-order valence-corrected chi connectivity index (χ2v) is 7.14. The molecule has 4 rings (SSSR count). The van der Waals surface area contributed by atoms with Crippen molar-refractivity contribution >= 4 is 35.0 Å². The third kappa shape index (κ3) is 4.90. The van der Waals surface area contributed by atoms with Gasteiger partial charge in [0.25, 0.3) is 0 Å². The Morgan fingerprint density at radius 2 is 1.60 bits per heavy atom. The molecule has 0 bridgehead atoms. The Labute approximate surface area is 175 Å². The van der Waals surface area contributed by atoms with E-state index in [1.54, 1.807) is 19.1 Å². The largest absolute Gasteiger partial charge is 0.378 e. The standard InChI is InChI=1S/C22H24N6O2/c1-15-6-8-18(9-7-15)23-20-25-21(24-19-5-3-4-17(14-19)16(2)29)27-22(26-20)28-10-12-30-13-11-28/h3-9,14H,10-13H2,1-2H3,(H2,23,24,25,26,27). The van der Waals surface area contributed by atoms with E-state index in [1.807, 2.05) is 43.3 Å². The van der Waals surface area contributed by atoms with Gasteiger partial charge in [0.05, 0.1) is 13.2 Å². The Balaban J connectivity index is 1.64. The van der Waals surface area contributed by atoms with E-state index in [2.05, 4.69) is 30.5 Å². The van der Waals surface area contributed by atoms with E-state index < -0.39 is 0 Å². The number of aryl methyl sites for hydroxylation is 1. The van der Waals surface area contributed by atoms with E-state index in [0.29, 0.717) is 49.7 Å². The summed E-state index contributed by atoms with van der Waals surface area (Å²) in [5.41, 5.74) is 3.44. The highest BCUT2D eigenvalue weighted by molar-refractivity contribution is 5.95. The van der Waals surface area contributed by atoms with Gasteiger partial charge in [-0.3, -0.25) is 4.79 Å². The van der Waals surface area contributed by atoms with E-state index >= 15 is 0 Å². The SMILES string of the molecule is CC(=O)c1cccc(Nc2nc(Nc3ccc(C)cc3)nc(N3CCOCC3)n2)c1. The number of rotatable bonds is 6. The minimum atomic E-state index is 0.00466. The highest BCUT2D eigenvalue weighted by Gasteiger charge is 2.17. The van der Waals surface area contributed by atoms with Gasteiger partial charge in [-0.05, 0) is 38.1 Å². The third-order valence-electron chi connectivity index (χ3n) is 4.75. The molecule has 0 saturated carbocycles. The van der Waals surface area contributed by atoms with Crippen molar-refractivity contribution in [3.8, 4) is 0 Å². The van der Waals surface area contributed by atoms with Crippen molar-refractivity contribution < 1.29 is 9.53 Å². The Morgan fingerprint density at radius 3 is 2.27 bits per heavy atom. The smallest absolute Gasteiger partial charge is 0.233 e. The van der Waals surface area contributed by atoms with Gasteiger partial charge in [0.15, 0.2) is 5.78 Å². The monoisotopic (exact) mass is 404 g/mol. The normalized spacial score (nSPS) is 13.7. The van der Waals surface area contributed by atoms with Gasteiger partial charge in [-0.1, -0.05) is 29.8 Å². The van der Waals surface area contributed by atoms with E-state index in [9.17, 15) is 4.79 Å². The molecule has 1 fully saturated rings. The molecule has 1 aromatic heterocycles. The lowest BCUT2D eigenvalue weighted by atomic mass is 10.1. The van der Waals surface area contributed by atoms with Crippen LogP contribution in [0, 0.1) is 6.92 Å². The molecule has 0 aliphatic carbocycles. The average molecular weight is 404 g/mol. The number of Topliss-reactive ketones (excluding diaryl/α,β-unsaturated/α-hetero) is 1. The summed E-state index contributed by atoms with van der Waals surface area (Å²) >= 11 is 0. The van der Waals surface area contributed by atoms with Crippen molar-refractivity contribution in [2.75, 3.05) is 41.8 Å². The molecule has 2 N–H and O–H groups in total. The number of ether oxygens (including phenoxy) is 1. The van der Waals surface area contributed by atoms with Crippen LogP contribution in [0.5, 0.6) is 0 Å². The molecule has 0 atom stereocenters. The quantitative estimate of drug-likeness (QED) is 0.601. The fourth-order valence-electron chi connectivity index (χ4n) is 3.09. The summed E-state index contributed by atoms with van der Waals surface area (Å²) in [6.45, 7) is 6.29. The number of hydrogen-bond acceptors (Lipinski definition) is 8. The van der Waals surface area contributed by atoms with E-state index in [-0.39, 0.29) is 5.78 Å². The third-order valence-corrected chi connectivity index (χ3v) is 4.75. The zero-order valence-electron chi connectivity index (χ0n) is 17.1. The molecular formula is C22H24N6O2. The van der Waals surface area contributed by atoms with E-state index in [4.69, 9.17) is 4.74 Å². The van der Waals surface area contributed by atoms with Crippen LogP contribution in [-0.4, -0.2) is 47.0 Å². The first kappa shape index (κ1) is 19.8. The summed E-state index contributed by atoms with van der Waals surface area (Å²) in [6, 6.07) is 15.3. The molecule has 1 saturated heterocycles. The minimum absolute atomic E-state index is 0.00466. The summed E-state index contributed by atoms with van der Waals surface area (Å²) in [4.78, 5) is 27.5. The fraction of sp³-hybridized carbons (Fsp3) is 0.273. The molecule has 2 heterocycles. The molecule has 0 spiro atoms. The lowest BCUT2D eigenvalue weighted by molar-refractivity contribution is 0.101. The zero-order chi connectivity index (χ0) is 20.9. The zero-order valence-corrected chi connectivity index (χ0v) is 17.1. The summed E-state index contributed by atoms with van der Waals surface area (Å²) in [7, 11) is 0. The number of carbonyl (C=O) groups is 1. The Bertz CT molecular complexity index is 1030. The summed E-state index contributed by atoms with van der Waals surface area (Å²) in [6.07, 6.45) is 0. The van der Waals surface area contributed by atoms with Gasteiger partial charge >= 0.3 is 0 Å². The summed E-state index contributed by atoms with van der Waals surface area (Å²) in [5, 5.41) is 6.45. The van der Waals surface area contributed by atoms with E-state index in [1.165, 1.54) is 5.56 Å². The van der Waals surface area contributed by atoms with Gasteiger partial charge in [-0.15, -0.1) is 0 Å². The van der Waals surface area contributed by atoms with Crippen LogP contribution in [0.15, 0.2) is 48.5 Å². The van der Waals surface area contributed by atoms with Crippen LogP contribution in [0.3, 0.4) is 0 Å². The van der Waals surface area contributed by atoms with Crippen molar-refractivity contribution in [2.24, 2.45) is 0 Å². The fourth-order valence-corrected chi connectivity index (χ4v) is 3.09. The molecule has 8 heteroatoms. The number of benzene rings is 2. The maximum absolute atomic E-state index is 11.7. The first-order valence-corrected chi connectivity index (χ1v) is 9.87. The number of morpholine rings is 1. The molecule has 0 radical (unpaired) electrons. The predicted molar refractivity (Wildman–Crippen MR) is 117 cm³/mol. The second-order valence-electron chi connectivity index (χ2n) is 7.14. The Morgan fingerprint density at radius 1 is 0.933 bits per heavy atom. The highest BCUT2D eigenvalue weighted by Crippen LogP contribution is 2.22. The molecule has 8 nitrogen and oxygen atoms in total. The molecule has 0 unspecified atom stereocenters.